The molecule has 0 spiro atoms. The Hall–Kier alpha value is -1.80. The summed E-state index contributed by atoms with van der Waals surface area (Å²) in [5.74, 6) is 0.934. The molecule has 2 aromatic carbocycles. The molecular formula is C17H21NO. The first-order valence-electron chi connectivity index (χ1n) is 6.76. The van der Waals surface area contributed by atoms with Crippen molar-refractivity contribution in [3.63, 3.8) is 0 Å². The number of hydrogen-bond donors (Lipinski definition) is 1. The summed E-state index contributed by atoms with van der Waals surface area (Å²) in [4.78, 5) is 0. The Bertz CT molecular complexity index is 536. The van der Waals surface area contributed by atoms with Gasteiger partial charge in [-0.15, -0.1) is 0 Å². The first-order valence-corrected chi connectivity index (χ1v) is 6.76. The van der Waals surface area contributed by atoms with Crippen LogP contribution in [0.1, 0.15) is 29.7 Å². The van der Waals surface area contributed by atoms with Gasteiger partial charge in [-0.3, -0.25) is 0 Å². The monoisotopic (exact) mass is 255 g/mol. The fraction of sp³-hybridized carbons (Fsp3) is 0.294. The van der Waals surface area contributed by atoms with Crippen LogP contribution in [-0.2, 0) is 6.42 Å². The number of para-hydroxylation sites is 1. The quantitative estimate of drug-likeness (QED) is 0.885. The van der Waals surface area contributed by atoms with Crippen LogP contribution in [0.3, 0.4) is 0 Å². The second-order valence-electron chi connectivity index (χ2n) is 4.66. The van der Waals surface area contributed by atoms with Gasteiger partial charge in [-0.05, 0) is 36.1 Å². The minimum Gasteiger partial charge on any atom is -0.484 e. The number of benzene rings is 2. The summed E-state index contributed by atoms with van der Waals surface area (Å²) >= 11 is 0. The van der Waals surface area contributed by atoms with Crippen molar-refractivity contribution in [3.05, 3.63) is 65.2 Å². The van der Waals surface area contributed by atoms with Crippen LogP contribution in [0.15, 0.2) is 48.5 Å². The van der Waals surface area contributed by atoms with Crippen molar-refractivity contribution in [1.29, 1.82) is 0 Å². The van der Waals surface area contributed by atoms with Gasteiger partial charge in [0.1, 0.15) is 11.9 Å². The zero-order valence-corrected chi connectivity index (χ0v) is 11.6. The van der Waals surface area contributed by atoms with E-state index in [0.29, 0.717) is 6.54 Å². The Morgan fingerprint density at radius 3 is 2.42 bits per heavy atom. The fourth-order valence-corrected chi connectivity index (χ4v) is 2.25. The molecule has 0 saturated heterocycles. The smallest absolute Gasteiger partial charge is 0.136 e. The fourth-order valence-electron chi connectivity index (χ4n) is 2.25. The Morgan fingerprint density at radius 2 is 1.74 bits per heavy atom. The van der Waals surface area contributed by atoms with E-state index < -0.39 is 0 Å². The van der Waals surface area contributed by atoms with E-state index in [9.17, 15) is 0 Å². The van der Waals surface area contributed by atoms with E-state index in [1.807, 2.05) is 30.3 Å². The maximum absolute atomic E-state index is 6.13. The Morgan fingerprint density at radius 1 is 1.05 bits per heavy atom. The summed E-state index contributed by atoms with van der Waals surface area (Å²) in [5.41, 5.74) is 9.48. The largest absolute Gasteiger partial charge is 0.484 e. The first-order chi connectivity index (χ1) is 9.26. The van der Waals surface area contributed by atoms with Gasteiger partial charge in [-0.2, -0.15) is 0 Å². The summed E-state index contributed by atoms with van der Waals surface area (Å²) in [6, 6.07) is 16.4. The molecule has 0 bridgehead atoms. The van der Waals surface area contributed by atoms with Crippen LogP contribution in [0, 0.1) is 6.92 Å². The van der Waals surface area contributed by atoms with Gasteiger partial charge in [0.15, 0.2) is 0 Å². The molecule has 0 aliphatic heterocycles. The zero-order chi connectivity index (χ0) is 13.7. The van der Waals surface area contributed by atoms with Crippen molar-refractivity contribution in [2.75, 3.05) is 6.54 Å². The van der Waals surface area contributed by atoms with Crippen LogP contribution in [-0.4, -0.2) is 6.54 Å². The second-order valence-corrected chi connectivity index (χ2v) is 4.66. The molecule has 100 valence electrons. The Labute approximate surface area is 115 Å². The maximum atomic E-state index is 6.13. The second kappa shape index (κ2) is 6.39. The van der Waals surface area contributed by atoms with Gasteiger partial charge in [0.2, 0.25) is 0 Å². The van der Waals surface area contributed by atoms with E-state index in [2.05, 4.69) is 32.0 Å². The molecule has 0 saturated carbocycles. The Kier molecular flexibility index (Phi) is 4.58. The topological polar surface area (TPSA) is 35.2 Å². The summed E-state index contributed by atoms with van der Waals surface area (Å²) in [6.07, 6.45) is 0.871. The predicted molar refractivity (Wildman–Crippen MR) is 79.4 cm³/mol. The number of nitrogens with two attached hydrogens (primary N) is 1. The molecule has 0 aromatic heterocycles. The molecule has 0 heterocycles. The average molecular weight is 255 g/mol. The lowest BCUT2D eigenvalue weighted by molar-refractivity contribution is 0.211. The summed E-state index contributed by atoms with van der Waals surface area (Å²) < 4.78 is 6.13. The van der Waals surface area contributed by atoms with Crippen molar-refractivity contribution < 1.29 is 4.74 Å². The highest BCUT2D eigenvalue weighted by Gasteiger charge is 2.14. The van der Waals surface area contributed by atoms with Gasteiger partial charge in [0.25, 0.3) is 0 Å². The van der Waals surface area contributed by atoms with Crippen LogP contribution >= 0.6 is 0 Å². The van der Waals surface area contributed by atoms with E-state index in [-0.39, 0.29) is 6.10 Å². The first kappa shape index (κ1) is 13.6. The van der Waals surface area contributed by atoms with Crippen molar-refractivity contribution in [1.82, 2.24) is 0 Å². The van der Waals surface area contributed by atoms with Crippen LogP contribution in [0.25, 0.3) is 0 Å². The molecule has 2 aromatic rings. The summed E-state index contributed by atoms with van der Waals surface area (Å²) in [7, 11) is 0. The van der Waals surface area contributed by atoms with Gasteiger partial charge in [-0.1, -0.05) is 49.4 Å². The molecule has 0 amide bonds. The van der Waals surface area contributed by atoms with Crippen molar-refractivity contribution in [3.8, 4) is 5.75 Å². The van der Waals surface area contributed by atoms with Crippen LogP contribution < -0.4 is 10.5 Å². The van der Waals surface area contributed by atoms with Crippen molar-refractivity contribution >= 4 is 0 Å². The average Bonchev–Trinajstić information content (AvgIpc) is 2.46. The number of rotatable bonds is 5. The molecular weight excluding hydrogens is 234 g/mol. The van der Waals surface area contributed by atoms with Gasteiger partial charge >= 0.3 is 0 Å². The molecule has 0 aliphatic rings. The minimum atomic E-state index is -0.0890. The third-order valence-corrected chi connectivity index (χ3v) is 3.37. The lowest BCUT2D eigenvalue weighted by atomic mass is 10.0. The highest BCUT2D eigenvalue weighted by molar-refractivity contribution is 5.35. The highest BCUT2D eigenvalue weighted by atomic mass is 16.5. The van der Waals surface area contributed by atoms with Crippen molar-refractivity contribution in [2.45, 2.75) is 26.4 Å². The molecule has 2 heteroatoms. The van der Waals surface area contributed by atoms with E-state index in [0.717, 1.165) is 17.7 Å². The SMILES string of the molecule is CCc1ccccc1OC(CN)c1ccccc1C. The van der Waals surface area contributed by atoms with Gasteiger partial charge < -0.3 is 10.5 Å². The molecule has 2 nitrogen and oxygen atoms in total. The maximum Gasteiger partial charge on any atom is 0.136 e. The molecule has 0 aliphatic carbocycles. The molecule has 0 fully saturated rings. The van der Waals surface area contributed by atoms with Crippen LogP contribution in [0.5, 0.6) is 5.75 Å². The predicted octanol–water partition coefficient (Wildman–Crippen LogP) is 3.64. The Balaban J connectivity index is 2.27. The van der Waals surface area contributed by atoms with Gasteiger partial charge in [-0.25, -0.2) is 0 Å². The zero-order valence-electron chi connectivity index (χ0n) is 11.6. The van der Waals surface area contributed by atoms with E-state index >= 15 is 0 Å². The van der Waals surface area contributed by atoms with E-state index in [1.165, 1.54) is 11.1 Å². The molecule has 0 radical (unpaired) electrons. The third kappa shape index (κ3) is 3.15. The third-order valence-electron chi connectivity index (χ3n) is 3.37. The van der Waals surface area contributed by atoms with Crippen LogP contribution in [0.2, 0.25) is 0 Å². The molecule has 1 atom stereocenters. The number of hydrogen-bond acceptors (Lipinski definition) is 2. The summed E-state index contributed by atoms with van der Waals surface area (Å²) in [5, 5.41) is 0. The lowest BCUT2D eigenvalue weighted by Crippen LogP contribution is -2.19. The number of aryl methyl sites for hydroxylation is 2. The highest BCUT2D eigenvalue weighted by Crippen LogP contribution is 2.26. The van der Waals surface area contributed by atoms with Gasteiger partial charge in [0, 0.05) is 6.54 Å². The normalized spacial score (nSPS) is 12.2. The number of ether oxygens (including phenoxy) is 1. The van der Waals surface area contributed by atoms with Crippen molar-refractivity contribution in [2.24, 2.45) is 5.73 Å². The minimum absolute atomic E-state index is 0.0890. The molecule has 1 unspecified atom stereocenters. The molecule has 2 rings (SSSR count). The standard InChI is InChI=1S/C17H21NO/c1-3-14-9-5-7-11-16(14)19-17(12-18)15-10-6-4-8-13(15)2/h4-11,17H,3,12,18H2,1-2H3. The van der Waals surface area contributed by atoms with E-state index in [1.54, 1.807) is 0 Å². The lowest BCUT2D eigenvalue weighted by Gasteiger charge is -2.21. The van der Waals surface area contributed by atoms with Crippen LogP contribution in [0.4, 0.5) is 0 Å². The summed E-state index contributed by atoms with van der Waals surface area (Å²) in [6.45, 7) is 4.70. The van der Waals surface area contributed by atoms with E-state index in [4.69, 9.17) is 10.5 Å². The molecule has 2 N–H and O–H groups in total. The molecule has 19 heavy (non-hydrogen) atoms. The van der Waals surface area contributed by atoms with Gasteiger partial charge in [0.05, 0.1) is 0 Å².